The Kier molecular flexibility index (Phi) is 10.4. The van der Waals surface area contributed by atoms with Crippen molar-refractivity contribution in [2.45, 2.75) is 38.8 Å². The Bertz CT molecular complexity index is 455. The van der Waals surface area contributed by atoms with Crippen molar-refractivity contribution < 1.29 is 4.79 Å². The number of nitrogens with zero attached hydrogens (tertiary/aromatic N) is 1. The number of benzene rings is 1. The van der Waals surface area contributed by atoms with Gasteiger partial charge in [0.2, 0.25) is 5.91 Å². The van der Waals surface area contributed by atoms with E-state index in [2.05, 4.69) is 34.5 Å². The molecule has 1 aliphatic heterocycles. The van der Waals surface area contributed by atoms with Crippen LogP contribution in [0.1, 0.15) is 30.9 Å². The second-order valence-electron chi connectivity index (χ2n) is 5.66. The van der Waals surface area contributed by atoms with E-state index in [0.29, 0.717) is 6.42 Å². The molecule has 6 heteroatoms. The third kappa shape index (κ3) is 6.97. The van der Waals surface area contributed by atoms with Crippen LogP contribution in [0.4, 0.5) is 0 Å². The summed E-state index contributed by atoms with van der Waals surface area (Å²) in [5.74, 6) is 0.111. The maximum Gasteiger partial charge on any atom is 0.220 e. The normalized spacial score (nSPS) is 15.0. The molecule has 0 bridgehead atoms. The number of fused-ring (bicyclic) bond motifs is 1. The molecule has 22 heavy (non-hydrogen) atoms. The molecule has 0 saturated carbocycles. The number of amides is 1. The summed E-state index contributed by atoms with van der Waals surface area (Å²) in [5.41, 5.74) is 8.52. The van der Waals surface area contributed by atoms with Crippen molar-refractivity contribution in [1.82, 2.24) is 10.2 Å². The van der Waals surface area contributed by atoms with E-state index in [-0.39, 0.29) is 36.8 Å². The van der Waals surface area contributed by atoms with Crippen molar-refractivity contribution in [2.24, 2.45) is 5.73 Å². The Morgan fingerprint density at radius 2 is 2.00 bits per heavy atom. The van der Waals surface area contributed by atoms with Gasteiger partial charge >= 0.3 is 0 Å². The molecule has 1 heterocycles. The van der Waals surface area contributed by atoms with Crippen LogP contribution in [0.3, 0.4) is 0 Å². The molecule has 0 radical (unpaired) electrons. The summed E-state index contributed by atoms with van der Waals surface area (Å²) in [6, 6.07) is 8.70. The molecule has 0 aromatic heterocycles. The van der Waals surface area contributed by atoms with E-state index >= 15 is 0 Å². The third-order valence-corrected chi connectivity index (χ3v) is 3.79. The molecule has 1 atom stereocenters. The molecule has 1 aliphatic rings. The SMILES string of the molecule is CC(N)CCC(=O)NCCN1CCc2ccccc2C1.Cl.Cl. The predicted octanol–water partition coefficient (Wildman–Crippen LogP) is 2.13. The minimum Gasteiger partial charge on any atom is -0.355 e. The van der Waals surface area contributed by atoms with Gasteiger partial charge in [-0.3, -0.25) is 9.69 Å². The standard InChI is InChI=1S/C16H25N3O.2ClH/c1-13(17)6-7-16(20)18-9-11-19-10-8-14-4-2-3-5-15(14)12-19;;/h2-5,13H,6-12,17H2,1H3,(H,18,20);2*1H. The van der Waals surface area contributed by atoms with Gasteiger partial charge in [-0.05, 0) is 30.9 Å². The highest BCUT2D eigenvalue weighted by atomic mass is 35.5. The van der Waals surface area contributed by atoms with Crippen LogP contribution in [-0.4, -0.2) is 36.5 Å². The number of nitrogens with one attached hydrogen (secondary N) is 1. The summed E-state index contributed by atoms with van der Waals surface area (Å²) in [7, 11) is 0. The molecule has 0 fully saturated rings. The molecule has 1 aromatic rings. The van der Waals surface area contributed by atoms with E-state index in [0.717, 1.165) is 39.0 Å². The summed E-state index contributed by atoms with van der Waals surface area (Å²) < 4.78 is 0. The summed E-state index contributed by atoms with van der Waals surface area (Å²) in [4.78, 5) is 14.0. The van der Waals surface area contributed by atoms with Crippen LogP contribution in [0.5, 0.6) is 0 Å². The van der Waals surface area contributed by atoms with Crippen LogP contribution < -0.4 is 11.1 Å². The molecule has 0 saturated heterocycles. The Morgan fingerprint density at radius 3 is 2.68 bits per heavy atom. The lowest BCUT2D eigenvalue weighted by Crippen LogP contribution is -2.38. The van der Waals surface area contributed by atoms with Crippen molar-refractivity contribution in [2.75, 3.05) is 19.6 Å². The Hall–Kier alpha value is -0.810. The molecule has 0 aliphatic carbocycles. The molecule has 0 spiro atoms. The number of nitrogens with two attached hydrogens (primary N) is 1. The summed E-state index contributed by atoms with van der Waals surface area (Å²) in [6.07, 6.45) is 2.39. The predicted molar refractivity (Wildman–Crippen MR) is 95.8 cm³/mol. The first kappa shape index (κ1) is 21.2. The van der Waals surface area contributed by atoms with Crippen molar-refractivity contribution >= 4 is 30.7 Å². The van der Waals surface area contributed by atoms with Crippen LogP contribution in [0, 0.1) is 0 Å². The second kappa shape index (κ2) is 10.8. The number of carbonyl (C=O) groups is 1. The first-order chi connectivity index (χ1) is 9.65. The van der Waals surface area contributed by atoms with Crippen molar-refractivity contribution in [3.05, 3.63) is 35.4 Å². The molecular formula is C16H27Cl2N3O. The zero-order chi connectivity index (χ0) is 14.4. The number of halogens is 2. The summed E-state index contributed by atoms with van der Waals surface area (Å²) in [5, 5.41) is 2.97. The van der Waals surface area contributed by atoms with Gasteiger partial charge in [-0.25, -0.2) is 0 Å². The van der Waals surface area contributed by atoms with Gasteiger partial charge in [0.25, 0.3) is 0 Å². The maximum atomic E-state index is 11.6. The third-order valence-electron chi connectivity index (χ3n) is 3.79. The fourth-order valence-corrected chi connectivity index (χ4v) is 2.55. The van der Waals surface area contributed by atoms with E-state index in [1.165, 1.54) is 11.1 Å². The lowest BCUT2D eigenvalue weighted by atomic mass is 10.00. The van der Waals surface area contributed by atoms with E-state index in [1.807, 2.05) is 6.92 Å². The van der Waals surface area contributed by atoms with Gasteiger partial charge in [-0.2, -0.15) is 0 Å². The highest BCUT2D eigenvalue weighted by Gasteiger charge is 2.15. The van der Waals surface area contributed by atoms with E-state index < -0.39 is 0 Å². The quantitative estimate of drug-likeness (QED) is 0.828. The average molecular weight is 348 g/mol. The fraction of sp³-hybridized carbons (Fsp3) is 0.562. The largest absolute Gasteiger partial charge is 0.355 e. The smallest absolute Gasteiger partial charge is 0.220 e. The molecule has 1 aromatic carbocycles. The lowest BCUT2D eigenvalue weighted by Gasteiger charge is -2.28. The van der Waals surface area contributed by atoms with Crippen LogP contribution in [0.15, 0.2) is 24.3 Å². The molecule has 2 rings (SSSR count). The fourth-order valence-electron chi connectivity index (χ4n) is 2.55. The van der Waals surface area contributed by atoms with Gasteiger partial charge in [0.1, 0.15) is 0 Å². The summed E-state index contributed by atoms with van der Waals surface area (Å²) in [6.45, 7) is 5.63. The van der Waals surface area contributed by atoms with E-state index in [4.69, 9.17) is 5.73 Å². The zero-order valence-electron chi connectivity index (χ0n) is 13.1. The molecule has 126 valence electrons. The molecular weight excluding hydrogens is 321 g/mol. The Labute approximate surface area is 145 Å². The molecule has 4 nitrogen and oxygen atoms in total. The van der Waals surface area contributed by atoms with Crippen molar-refractivity contribution in [3.8, 4) is 0 Å². The topological polar surface area (TPSA) is 58.4 Å². The highest BCUT2D eigenvalue weighted by Crippen LogP contribution is 2.17. The number of hydrogen-bond donors (Lipinski definition) is 2. The Morgan fingerprint density at radius 1 is 1.32 bits per heavy atom. The van der Waals surface area contributed by atoms with Crippen molar-refractivity contribution in [1.29, 1.82) is 0 Å². The van der Waals surface area contributed by atoms with Gasteiger partial charge in [0.05, 0.1) is 0 Å². The maximum absolute atomic E-state index is 11.6. The minimum atomic E-state index is 0. The van der Waals surface area contributed by atoms with Crippen LogP contribution >= 0.6 is 24.8 Å². The van der Waals surface area contributed by atoms with Gasteiger partial charge in [-0.15, -0.1) is 24.8 Å². The Balaban J connectivity index is 0.00000220. The number of rotatable bonds is 6. The first-order valence-electron chi connectivity index (χ1n) is 7.46. The second-order valence-corrected chi connectivity index (χ2v) is 5.66. The average Bonchev–Trinajstić information content (AvgIpc) is 2.45. The van der Waals surface area contributed by atoms with E-state index in [1.54, 1.807) is 0 Å². The van der Waals surface area contributed by atoms with Crippen LogP contribution in [-0.2, 0) is 17.8 Å². The minimum absolute atomic E-state index is 0. The van der Waals surface area contributed by atoms with Crippen molar-refractivity contribution in [3.63, 3.8) is 0 Å². The monoisotopic (exact) mass is 347 g/mol. The number of carbonyl (C=O) groups excluding carboxylic acids is 1. The van der Waals surface area contributed by atoms with Gasteiger partial charge in [0.15, 0.2) is 0 Å². The lowest BCUT2D eigenvalue weighted by molar-refractivity contribution is -0.121. The molecule has 1 amide bonds. The number of hydrogen-bond acceptors (Lipinski definition) is 3. The van der Waals surface area contributed by atoms with Gasteiger partial charge in [-0.1, -0.05) is 24.3 Å². The molecule has 1 unspecified atom stereocenters. The van der Waals surface area contributed by atoms with E-state index in [9.17, 15) is 4.79 Å². The van der Waals surface area contributed by atoms with Gasteiger partial charge < -0.3 is 11.1 Å². The molecule has 3 N–H and O–H groups in total. The summed E-state index contributed by atoms with van der Waals surface area (Å²) >= 11 is 0. The van der Waals surface area contributed by atoms with Gasteiger partial charge in [0, 0.05) is 38.6 Å². The van der Waals surface area contributed by atoms with Crippen LogP contribution in [0.2, 0.25) is 0 Å². The van der Waals surface area contributed by atoms with Crippen LogP contribution in [0.25, 0.3) is 0 Å². The first-order valence-corrected chi connectivity index (χ1v) is 7.46. The highest BCUT2D eigenvalue weighted by molar-refractivity contribution is 5.85. The zero-order valence-corrected chi connectivity index (χ0v) is 14.7.